The van der Waals surface area contributed by atoms with Gasteiger partial charge in [-0.15, -0.1) is 0 Å². The molecule has 1 aromatic carbocycles. The number of hydrogen-bond donors (Lipinski definition) is 1. The van der Waals surface area contributed by atoms with Crippen LogP contribution in [0.3, 0.4) is 0 Å². The van der Waals surface area contributed by atoms with Crippen molar-refractivity contribution in [1.82, 2.24) is 9.88 Å². The van der Waals surface area contributed by atoms with Crippen LogP contribution in [0.4, 0.5) is 0 Å². The molecule has 0 bridgehead atoms. The van der Waals surface area contributed by atoms with Gasteiger partial charge in [-0.05, 0) is 55.5 Å². The van der Waals surface area contributed by atoms with Crippen molar-refractivity contribution in [3.05, 3.63) is 66.0 Å². The van der Waals surface area contributed by atoms with E-state index in [0.29, 0.717) is 0 Å². The maximum absolute atomic E-state index is 10.1. The van der Waals surface area contributed by atoms with Gasteiger partial charge in [0.1, 0.15) is 0 Å². The molecule has 0 aliphatic carbocycles. The van der Waals surface area contributed by atoms with Crippen LogP contribution in [0.1, 0.15) is 30.4 Å². The minimum absolute atomic E-state index is 0.0428. The van der Waals surface area contributed by atoms with Crippen LogP contribution in [-0.2, 0) is 13.0 Å². The number of rotatable bonds is 6. The SMILES string of the molecule is OCC1(CCc2ccccc2)CCCN(Cc2ccncc2)C1. The molecule has 0 radical (unpaired) electrons. The first-order valence-electron chi connectivity index (χ1n) is 8.56. The molecule has 1 fully saturated rings. The van der Waals surface area contributed by atoms with Crippen molar-refractivity contribution in [3.8, 4) is 0 Å². The van der Waals surface area contributed by atoms with Crippen molar-refractivity contribution < 1.29 is 5.11 Å². The minimum Gasteiger partial charge on any atom is -0.396 e. The van der Waals surface area contributed by atoms with Crippen molar-refractivity contribution in [2.75, 3.05) is 19.7 Å². The molecule has 2 aromatic rings. The molecule has 1 aliphatic rings. The van der Waals surface area contributed by atoms with Crippen LogP contribution >= 0.6 is 0 Å². The van der Waals surface area contributed by atoms with Gasteiger partial charge in [-0.3, -0.25) is 9.88 Å². The summed E-state index contributed by atoms with van der Waals surface area (Å²) in [6, 6.07) is 14.8. The second-order valence-corrected chi connectivity index (χ2v) is 6.81. The van der Waals surface area contributed by atoms with Crippen LogP contribution in [0.5, 0.6) is 0 Å². The Labute approximate surface area is 139 Å². The lowest BCUT2D eigenvalue weighted by Crippen LogP contribution is -2.45. The van der Waals surface area contributed by atoms with Crippen LogP contribution in [0, 0.1) is 5.41 Å². The molecule has 23 heavy (non-hydrogen) atoms. The van der Waals surface area contributed by atoms with E-state index in [4.69, 9.17) is 0 Å². The first-order chi connectivity index (χ1) is 11.3. The van der Waals surface area contributed by atoms with Crippen LogP contribution in [0.15, 0.2) is 54.9 Å². The average molecular weight is 310 g/mol. The zero-order chi connectivity index (χ0) is 16.0. The van der Waals surface area contributed by atoms with Crippen LogP contribution in [-0.4, -0.2) is 34.7 Å². The molecule has 3 nitrogen and oxygen atoms in total. The highest BCUT2D eigenvalue weighted by Gasteiger charge is 2.34. The van der Waals surface area contributed by atoms with Gasteiger partial charge in [-0.2, -0.15) is 0 Å². The summed E-state index contributed by atoms with van der Waals surface area (Å²) in [7, 11) is 0. The zero-order valence-corrected chi connectivity index (χ0v) is 13.7. The molecule has 1 aliphatic heterocycles. The van der Waals surface area contributed by atoms with E-state index < -0.39 is 0 Å². The fourth-order valence-electron chi connectivity index (χ4n) is 3.66. The van der Waals surface area contributed by atoms with Gasteiger partial charge in [0.25, 0.3) is 0 Å². The van der Waals surface area contributed by atoms with Crippen LogP contribution < -0.4 is 0 Å². The number of piperidine rings is 1. The van der Waals surface area contributed by atoms with Gasteiger partial charge in [0.05, 0.1) is 0 Å². The van der Waals surface area contributed by atoms with Gasteiger partial charge >= 0.3 is 0 Å². The molecule has 0 saturated carbocycles. The van der Waals surface area contributed by atoms with Crippen molar-refractivity contribution in [2.45, 2.75) is 32.2 Å². The molecule has 1 saturated heterocycles. The first kappa shape index (κ1) is 16.2. The predicted molar refractivity (Wildman–Crippen MR) is 93.0 cm³/mol. The number of pyridine rings is 1. The monoisotopic (exact) mass is 310 g/mol. The second-order valence-electron chi connectivity index (χ2n) is 6.81. The molecular formula is C20H26N2O. The van der Waals surface area contributed by atoms with E-state index in [2.05, 4.69) is 52.3 Å². The highest BCUT2D eigenvalue weighted by Crippen LogP contribution is 2.34. The van der Waals surface area contributed by atoms with E-state index >= 15 is 0 Å². The number of likely N-dealkylation sites (tertiary alicyclic amines) is 1. The molecule has 2 heterocycles. The van der Waals surface area contributed by atoms with E-state index in [-0.39, 0.29) is 12.0 Å². The summed E-state index contributed by atoms with van der Waals surface area (Å²) in [5.41, 5.74) is 2.71. The summed E-state index contributed by atoms with van der Waals surface area (Å²) >= 11 is 0. The van der Waals surface area contributed by atoms with Crippen molar-refractivity contribution in [2.24, 2.45) is 5.41 Å². The molecular weight excluding hydrogens is 284 g/mol. The number of hydrogen-bond acceptors (Lipinski definition) is 3. The summed E-state index contributed by atoms with van der Waals surface area (Å²) in [5, 5.41) is 10.1. The third-order valence-electron chi connectivity index (χ3n) is 5.02. The molecule has 3 rings (SSSR count). The predicted octanol–water partition coefficient (Wildman–Crippen LogP) is 3.29. The fraction of sp³-hybridized carbons (Fsp3) is 0.450. The number of benzene rings is 1. The Bertz CT molecular complexity index is 587. The topological polar surface area (TPSA) is 36.4 Å². The standard InChI is InChI=1S/C20H26N2O/c23-17-20(11-7-18-5-2-1-3-6-18)10-4-14-22(16-20)15-19-8-12-21-13-9-19/h1-3,5-6,8-9,12-13,23H,4,7,10-11,14-17H2. The Morgan fingerprint density at radius 3 is 2.57 bits per heavy atom. The molecule has 1 aromatic heterocycles. The van der Waals surface area contributed by atoms with Crippen molar-refractivity contribution in [1.29, 1.82) is 0 Å². The maximum atomic E-state index is 10.1. The van der Waals surface area contributed by atoms with Crippen molar-refractivity contribution >= 4 is 0 Å². The van der Waals surface area contributed by atoms with Gasteiger partial charge in [0, 0.05) is 37.5 Å². The second kappa shape index (κ2) is 7.71. The molecule has 1 atom stereocenters. The van der Waals surface area contributed by atoms with Crippen molar-refractivity contribution in [3.63, 3.8) is 0 Å². The van der Waals surface area contributed by atoms with E-state index in [1.165, 1.54) is 17.5 Å². The third-order valence-corrected chi connectivity index (χ3v) is 5.02. The Balaban J connectivity index is 1.62. The molecule has 1 unspecified atom stereocenters. The van der Waals surface area contributed by atoms with E-state index in [1.807, 2.05) is 12.4 Å². The summed E-state index contributed by atoms with van der Waals surface area (Å²) < 4.78 is 0. The fourth-order valence-corrected chi connectivity index (χ4v) is 3.66. The highest BCUT2D eigenvalue weighted by atomic mass is 16.3. The molecule has 122 valence electrons. The highest BCUT2D eigenvalue weighted by molar-refractivity contribution is 5.15. The Kier molecular flexibility index (Phi) is 5.42. The number of nitrogens with zero attached hydrogens (tertiary/aromatic N) is 2. The first-order valence-corrected chi connectivity index (χ1v) is 8.56. The molecule has 0 amide bonds. The van der Waals surface area contributed by atoms with Gasteiger partial charge in [-0.1, -0.05) is 30.3 Å². The summed E-state index contributed by atoms with van der Waals surface area (Å²) in [4.78, 5) is 6.57. The number of aromatic nitrogens is 1. The van der Waals surface area contributed by atoms with Crippen LogP contribution in [0.25, 0.3) is 0 Å². The Hall–Kier alpha value is -1.71. The van der Waals surface area contributed by atoms with E-state index in [9.17, 15) is 5.11 Å². The minimum atomic E-state index is 0.0428. The Morgan fingerprint density at radius 1 is 1.04 bits per heavy atom. The van der Waals surface area contributed by atoms with Gasteiger partial charge in [0.2, 0.25) is 0 Å². The molecule has 1 N–H and O–H groups in total. The third kappa shape index (κ3) is 4.40. The normalized spacial score (nSPS) is 22.1. The molecule has 0 spiro atoms. The summed E-state index contributed by atoms with van der Waals surface area (Å²) in [6.07, 6.45) is 8.11. The Morgan fingerprint density at radius 2 is 1.83 bits per heavy atom. The van der Waals surface area contributed by atoms with Gasteiger partial charge in [-0.25, -0.2) is 0 Å². The van der Waals surface area contributed by atoms with E-state index in [0.717, 1.165) is 38.9 Å². The largest absolute Gasteiger partial charge is 0.396 e. The number of aryl methyl sites for hydroxylation is 1. The molecule has 3 heteroatoms. The quantitative estimate of drug-likeness (QED) is 0.889. The lowest BCUT2D eigenvalue weighted by atomic mass is 9.76. The zero-order valence-electron chi connectivity index (χ0n) is 13.7. The summed E-state index contributed by atoms with van der Waals surface area (Å²) in [5.74, 6) is 0. The lowest BCUT2D eigenvalue weighted by Gasteiger charge is -2.42. The number of aliphatic hydroxyl groups excluding tert-OH is 1. The van der Waals surface area contributed by atoms with Crippen LogP contribution in [0.2, 0.25) is 0 Å². The maximum Gasteiger partial charge on any atom is 0.0499 e. The number of aliphatic hydroxyl groups is 1. The lowest BCUT2D eigenvalue weighted by molar-refractivity contribution is 0.0224. The van der Waals surface area contributed by atoms with Gasteiger partial charge in [0.15, 0.2) is 0 Å². The average Bonchev–Trinajstić information content (AvgIpc) is 2.62. The van der Waals surface area contributed by atoms with E-state index in [1.54, 1.807) is 0 Å². The smallest absolute Gasteiger partial charge is 0.0499 e. The van der Waals surface area contributed by atoms with Gasteiger partial charge < -0.3 is 5.11 Å². The summed E-state index contributed by atoms with van der Waals surface area (Å²) in [6.45, 7) is 3.34.